The molecule has 0 spiro atoms. The second-order valence-corrected chi connectivity index (χ2v) is 4.04. The summed E-state index contributed by atoms with van der Waals surface area (Å²) in [4.78, 5) is 28.7. The van der Waals surface area contributed by atoms with Gasteiger partial charge in [0.1, 0.15) is 0 Å². The number of hydrogen-bond acceptors (Lipinski definition) is 3. The van der Waals surface area contributed by atoms with Gasteiger partial charge in [-0.05, 0) is 6.42 Å². The van der Waals surface area contributed by atoms with Crippen LogP contribution in [0.25, 0.3) is 0 Å². The third kappa shape index (κ3) is 5.33. The zero-order valence-electron chi connectivity index (χ0n) is 10.3. The molecule has 0 aromatic carbocycles. The lowest BCUT2D eigenvalue weighted by Crippen LogP contribution is -2.37. The van der Waals surface area contributed by atoms with E-state index in [2.05, 4.69) is 20.6 Å². The summed E-state index contributed by atoms with van der Waals surface area (Å²) in [5, 5.41) is 13.9. The molecule has 0 fully saturated rings. The molecule has 0 saturated carbocycles. The quantitative estimate of drug-likeness (QED) is 0.563. The summed E-state index contributed by atoms with van der Waals surface area (Å²) in [5.74, 6) is -1.30. The van der Waals surface area contributed by atoms with Crippen LogP contribution in [0, 0.1) is 5.92 Å². The van der Waals surface area contributed by atoms with Crippen LogP contribution in [0.15, 0.2) is 12.5 Å². The van der Waals surface area contributed by atoms with Crippen LogP contribution in [0.4, 0.5) is 4.79 Å². The van der Waals surface area contributed by atoms with Gasteiger partial charge in [0.15, 0.2) is 0 Å². The number of rotatable bonds is 7. The summed E-state index contributed by atoms with van der Waals surface area (Å²) < 4.78 is 0. The molecule has 1 aromatic rings. The molecule has 4 N–H and O–H groups in total. The first kappa shape index (κ1) is 14.0. The van der Waals surface area contributed by atoms with Crippen LogP contribution in [0.2, 0.25) is 0 Å². The number of carbonyl (C=O) groups is 2. The van der Waals surface area contributed by atoms with Crippen molar-refractivity contribution < 1.29 is 14.7 Å². The van der Waals surface area contributed by atoms with Crippen molar-refractivity contribution in [2.75, 3.05) is 13.1 Å². The van der Waals surface area contributed by atoms with Crippen LogP contribution in [-0.4, -0.2) is 40.2 Å². The fourth-order valence-corrected chi connectivity index (χ4v) is 1.32. The number of nitrogens with one attached hydrogen (secondary N) is 3. The molecule has 100 valence electrons. The average molecular weight is 254 g/mol. The van der Waals surface area contributed by atoms with Crippen molar-refractivity contribution in [3.05, 3.63) is 18.2 Å². The number of carboxylic acid groups (broad SMARTS) is 1. The third-order valence-corrected chi connectivity index (χ3v) is 2.52. The minimum atomic E-state index is -0.851. The van der Waals surface area contributed by atoms with Gasteiger partial charge in [0.05, 0.1) is 12.2 Å². The molecule has 0 aliphatic heterocycles. The molecular weight excluding hydrogens is 236 g/mol. The van der Waals surface area contributed by atoms with E-state index in [9.17, 15) is 9.59 Å². The number of imidazole rings is 1. The predicted octanol–water partition coefficient (Wildman–Crippen LogP) is 0.362. The van der Waals surface area contributed by atoms with E-state index >= 15 is 0 Å². The molecule has 2 amide bonds. The van der Waals surface area contributed by atoms with Crippen molar-refractivity contribution >= 4 is 12.0 Å². The van der Waals surface area contributed by atoms with Gasteiger partial charge in [-0.15, -0.1) is 0 Å². The van der Waals surface area contributed by atoms with Crippen molar-refractivity contribution in [3.63, 3.8) is 0 Å². The molecular formula is C11H18N4O3. The number of nitrogens with zero attached hydrogens (tertiary/aromatic N) is 1. The van der Waals surface area contributed by atoms with Gasteiger partial charge in [-0.25, -0.2) is 9.78 Å². The van der Waals surface area contributed by atoms with Gasteiger partial charge >= 0.3 is 12.0 Å². The average Bonchev–Trinajstić information content (AvgIpc) is 2.81. The molecule has 1 unspecified atom stereocenters. The number of aromatic nitrogens is 2. The van der Waals surface area contributed by atoms with E-state index in [1.54, 1.807) is 19.4 Å². The third-order valence-electron chi connectivity index (χ3n) is 2.52. The first-order chi connectivity index (χ1) is 8.59. The van der Waals surface area contributed by atoms with Gasteiger partial charge < -0.3 is 20.7 Å². The largest absolute Gasteiger partial charge is 0.481 e. The zero-order valence-corrected chi connectivity index (χ0v) is 10.3. The first-order valence-corrected chi connectivity index (χ1v) is 5.81. The maximum Gasteiger partial charge on any atom is 0.314 e. The summed E-state index contributed by atoms with van der Waals surface area (Å²) >= 11 is 0. The molecule has 1 atom stereocenters. The first-order valence-electron chi connectivity index (χ1n) is 5.81. The lowest BCUT2D eigenvalue weighted by Gasteiger charge is -2.08. The topological polar surface area (TPSA) is 107 Å². The van der Waals surface area contributed by atoms with E-state index in [0.29, 0.717) is 25.9 Å². The SMILES string of the molecule is CC(CCNC(=O)NCCc1cnc[nH]1)C(=O)O. The Kier molecular flexibility index (Phi) is 5.69. The van der Waals surface area contributed by atoms with Gasteiger partial charge in [0.25, 0.3) is 0 Å². The van der Waals surface area contributed by atoms with Crippen molar-refractivity contribution in [3.8, 4) is 0 Å². The van der Waals surface area contributed by atoms with Crippen molar-refractivity contribution in [1.82, 2.24) is 20.6 Å². The molecule has 7 heteroatoms. The molecule has 0 bridgehead atoms. The lowest BCUT2D eigenvalue weighted by molar-refractivity contribution is -0.141. The van der Waals surface area contributed by atoms with E-state index in [4.69, 9.17) is 5.11 Å². The Morgan fingerprint density at radius 2 is 2.17 bits per heavy atom. The molecule has 0 saturated heterocycles. The van der Waals surface area contributed by atoms with Crippen LogP contribution in [0.3, 0.4) is 0 Å². The second-order valence-electron chi connectivity index (χ2n) is 4.04. The number of hydrogen-bond donors (Lipinski definition) is 4. The fourth-order valence-electron chi connectivity index (χ4n) is 1.32. The highest BCUT2D eigenvalue weighted by Gasteiger charge is 2.10. The molecule has 7 nitrogen and oxygen atoms in total. The summed E-state index contributed by atoms with van der Waals surface area (Å²) in [5.41, 5.74) is 0.954. The molecule has 18 heavy (non-hydrogen) atoms. The number of carboxylic acids is 1. The van der Waals surface area contributed by atoms with E-state index in [-0.39, 0.29) is 6.03 Å². The van der Waals surface area contributed by atoms with Gasteiger partial charge in [0, 0.05) is 31.4 Å². The van der Waals surface area contributed by atoms with E-state index in [1.807, 2.05) is 0 Å². The number of H-pyrrole nitrogens is 1. The van der Waals surface area contributed by atoms with Crippen molar-refractivity contribution in [2.45, 2.75) is 19.8 Å². The Bertz CT molecular complexity index is 378. The highest BCUT2D eigenvalue weighted by molar-refractivity contribution is 5.74. The van der Waals surface area contributed by atoms with Gasteiger partial charge in [-0.2, -0.15) is 0 Å². The van der Waals surface area contributed by atoms with Crippen LogP contribution >= 0.6 is 0 Å². The van der Waals surface area contributed by atoms with E-state index < -0.39 is 11.9 Å². The Balaban J connectivity index is 2.05. The maximum absolute atomic E-state index is 11.3. The van der Waals surface area contributed by atoms with Crippen LogP contribution in [0.5, 0.6) is 0 Å². The molecule has 1 rings (SSSR count). The summed E-state index contributed by atoms with van der Waals surface area (Å²) in [6.45, 7) is 2.46. The van der Waals surface area contributed by atoms with Gasteiger partial charge in [0.2, 0.25) is 0 Å². The summed E-state index contributed by atoms with van der Waals surface area (Å²) in [7, 11) is 0. The molecule has 0 aliphatic rings. The van der Waals surface area contributed by atoms with Gasteiger partial charge in [-0.3, -0.25) is 4.79 Å². The Hall–Kier alpha value is -2.05. The maximum atomic E-state index is 11.3. The summed E-state index contributed by atoms with van der Waals surface area (Å²) in [6.07, 6.45) is 4.39. The molecule has 1 heterocycles. The highest BCUT2D eigenvalue weighted by atomic mass is 16.4. The van der Waals surface area contributed by atoms with E-state index in [0.717, 1.165) is 5.69 Å². The Morgan fingerprint density at radius 1 is 1.44 bits per heavy atom. The van der Waals surface area contributed by atoms with Crippen molar-refractivity contribution in [2.24, 2.45) is 5.92 Å². The van der Waals surface area contributed by atoms with Crippen LogP contribution in [0.1, 0.15) is 19.0 Å². The van der Waals surface area contributed by atoms with Crippen LogP contribution < -0.4 is 10.6 Å². The number of aromatic amines is 1. The number of carbonyl (C=O) groups excluding carboxylic acids is 1. The van der Waals surface area contributed by atoms with Gasteiger partial charge in [-0.1, -0.05) is 6.92 Å². The standard InChI is InChI=1S/C11H18N4O3/c1-8(10(16)17)2-4-13-11(18)14-5-3-9-6-12-7-15-9/h6-8H,2-5H2,1H3,(H,12,15)(H,16,17)(H2,13,14,18). The molecule has 1 aromatic heterocycles. The smallest absolute Gasteiger partial charge is 0.314 e. The minimum Gasteiger partial charge on any atom is -0.481 e. The number of amides is 2. The predicted molar refractivity (Wildman–Crippen MR) is 65.1 cm³/mol. The fraction of sp³-hybridized carbons (Fsp3) is 0.545. The zero-order chi connectivity index (χ0) is 13.4. The Labute approximate surface area is 105 Å². The normalized spacial score (nSPS) is 11.8. The number of aliphatic carboxylic acids is 1. The molecule has 0 radical (unpaired) electrons. The lowest BCUT2D eigenvalue weighted by atomic mass is 10.1. The molecule has 0 aliphatic carbocycles. The van der Waals surface area contributed by atoms with E-state index in [1.165, 1.54) is 0 Å². The minimum absolute atomic E-state index is 0.285. The monoisotopic (exact) mass is 254 g/mol. The summed E-state index contributed by atoms with van der Waals surface area (Å²) in [6, 6.07) is -0.285. The Morgan fingerprint density at radius 3 is 2.78 bits per heavy atom. The highest BCUT2D eigenvalue weighted by Crippen LogP contribution is 1.99. The second kappa shape index (κ2) is 7.31. The number of urea groups is 1. The van der Waals surface area contributed by atoms with Crippen molar-refractivity contribution in [1.29, 1.82) is 0 Å². The van der Waals surface area contributed by atoms with Crippen LogP contribution in [-0.2, 0) is 11.2 Å².